The zero-order chi connectivity index (χ0) is 19.5. The van der Waals surface area contributed by atoms with Gasteiger partial charge < -0.3 is 9.64 Å². The van der Waals surface area contributed by atoms with Crippen molar-refractivity contribution in [3.63, 3.8) is 0 Å². The minimum absolute atomic E-state index is 0.0584. The van der Waals surface area contributed by atoms with Crippen LogP contribution in [-0.4, -0.2) is 48.2 Å². The van der Waals surface area contributed by atoms with E-state index in [0.717, 1.165) is 29.8 Å². The molecule has 1 atom stereocenters. The average molecular weight is 377 g/mol. The molecule has 2 aromatic carbocycles. The Kier molecular flexibility index (Phi) is 5.60. The molecule has 0 aliphatic carbocycles. The maximum absolute atomic E-state index is 12.0. The van der Waals surface area contributed by atoms with E-state index in [9.17, 15) is 4.79 Å². The fraction of sp³-hybridized carbons (Fsp3) is 0.375. The molecule has 1 aromatic heterocycles. The van der Waals surface area contributed by atoms with Crippen LogP contribution in [0.2, 0.25) is 0 Å². The molecule has 4 nitrogen and oxygen atoms in total. The lowest BCUT2D eigenvalue weighted by atomic mass is 10.0. The number of methoxy groups -OCH3 is 1. The molecule has 1 unspecified atom stereocenters. The van der Waals surface area contributed by atoms with Gasteiger partial charge in [0.1, 0.15) is 6.61 Å². The summed E-state index contributed by atoms with van der Waals surface area (Å²) in [7, 11) is 1.54. The van der Waals surface area contributed by atoms with Gasteiger partial charge in [-0.25, -0.2) is 0 Å². The topological polar surface area (TPSA) is 34.5 Å². The first-order valence-electron chi connectivity index (χ1n) is 10.1. The minimum Gasteiger partial charge on any atom is -0.375 e. The van der Waals surface area contributed by atoms with Crippen molar-refractivity contribution in [2.75, 3.05) is 26.8 Å². The zero-order valence-electron chi connectivity index (χ0n) is 16.7. The molecule has 28 heavy (non-hydrogen) atoms. The number of hydrogen-bond donors (Lipinski definition) is 0. The summed E-state index contributed by atoms with van der Waals surface area (Å²) in [4.78, 5) is 14.6. The molecule has 0 bridgehead atoms. The highest BCUT2D eigenvalue weighted by atomic mass is 16.5. The first-order valence-corrected chi connectivity index (χ1v) is 10.1. The molecule has 0 amide bonds. The van der Waals surface area contributed by atoms with Crippen molar-refractivity contribution in [3.8, 4) is 11.1 Å². The SMILES string of the molecule is COCC(=O)n1cc2ccc(-c3ccc(CCN4CCCC4C)cc3)cc2c1. The van der Waals surface area contributed by atoms with E-state index in [2.05, 4.69) is 54.3 Å². The van der Waals surface area contributed by atoms with Gasteiger partial charge in [-0.2, -0.15) is 0 Å². The normalized spacial score (nSPS) is 17.4. The second-order valence-corrected chi connectivity index (χ2v) is 7.81. The standard InChI is InChI=1S/C24H28N2O2/c1-18-4-3-12-25(18)13-11-19-5-7-20(8-6-19)21-9-10-22-15-26(16-23(22)14-21)24(27)17-28-2/h5-10,14-16,18H,3-4,11-13,17H2,1-2H3. The molecule has 0 saturated carbocycles. The van der Waals surface area contributed by atoms with Gasteiger partial charge in [0.15, 0.2) is 0 Å². The molecule has 0 radical (unpaired) electrons. The summed E-state index contributed by atoms with van der Waals surface area (Å²) >= 11 is 0. The van der Waals surface area contributed by atoms with Crippen molar-refractivity contribution < 1.29 is 9.53 Å². The summed E-state index contributed by atoms with van der Waals surface area (Å²) in [6.07, 6.45) is 7.52. The number of ether oxygens (including phenoxy) is 1. The monoisotopic (exact) mass is 376 g/mol. The van der Waals surface area contributed by atoms with Crippen LogP contribution in [0.15, 0.2) is 54.9 Å². The number of carbonyl (C=O) groups is 1. The number of aromatic nitrogens is 1. The Hall–Kier alpha value is -2.43. The number of nitrogens with zero attached hydrogens (tertiary/aromatic N) is 2. The van der Waals surface area contributed by atoms with Crippen LogP contribution >= 0.6 is 0 Å². The molecule has 4 rings (SSSR count). The Bertz CT molecular complexity index is 958. The van der Waals surface area contributed by atoms with Gasteiger partial charge in [0, 0.05) is 37.5 Å². The third-order valence-corrected chi connectivity index (χ3v) is 5.86. The number of benzene rings is 2. The summed E-state index contributed by atoms with van der Waals surface area (Å²) in [5.41, 5.74) is 3.76. The molecule has 1 saturated heterocycles. The lowest BCUT2D eigenvalue weighted by molar-refractivity contribution is 0.0762. The van der Waals surface area contributed by atoms with E-state index in [1.807, 2.05) is 12.4 Å². The Labute approximate surface area is 166 Å². The van der Waals surface area contributed by atoms with E-state index in [-0.39, 0.29) is 12.5 Å². The third kappa shape index (κ3) is 4.03. The molecular formula is C24H28N2O2. The summed E-state index contributed by atoms with van der Waals surface area (Å²) in [6, 6.07) is 16.0. The van der Waals surface area contributed by atoms with Gasteiger partial charge >= 0.3 is 0 Å². The van der Waals surface area contributed by atoms with Crippen molar-refractivity contribution in [2.24, 2.45) is 0 Å². The number of likely N-dealkylation sites (tertiary alicyclic amines) is 1. The highest BCUT2D eigenvalue weighted by Crippen LogP contribution is 2.26. The van der Waals surface area contributed by atoms with Gasteiger partial charge in [0.05, 0.1) is 0 Å². The molecule has 3 aromatic rings. The highest BCUT2D eigenvalue weighted by molar-refractivity contribution is 5.92. The van der Waals surface area contributed by atoms with Gasteiger partial charge in [-0.05, 0) is 60.9 Å². The van der Waals surface area contributed by atoms with Crippen LogP contribution in [0.1, 0.15) is 30.1 Å². The quantitative estimate of drug-likeness (QED) is 0.629. The van der Waals surface area contributed by atoms with Crippen LogP contribution in [0.25, 0.3) is 21.9 Å². The van der Waals surface area contributed by atoms with Gasteiger partial charge in [-0.15, -0.1) is 0 Å². The van der Waals surface area contributed by atoms with E-state index in [4.69, 9.17) is 4.74 Å². The summed E-state index contributed by atoms with van der Waals surface area (Å²) in [5.74, 6) is -0.0584. The van der Waals surface area contributed by atoms with Crippen LogP contribution in [0.5, 0.6) is 0 Å². The van der Waals surface area contributed by atoms with Gasteiger partial charge in [-0.1, -0.05) is 36.4 Å². The van der Waals surface area contributed by atoms with Crippen molar-refractivity contribution in [1.82, 2.24) is 9.47 Å². The predicted octanol–water partition coefficient (Wildman–Crippen LogP) is 4.62. The fourth-order valence-corrected chi connectivity index (χ4v) is 4.12. The molecule has 1 aliphatic heterocycles. The van der Waals surface area contributed by atoms with Gasteiger partial charge in [-0.3, -0.25) is 9.36 Å². The van der Waals surface area contributed by atoms with Crippen molar-refractivity contribution in [1.29, 1.82) is 0 Å². The Balaban J connectivity index is 1.47. The predicted molar refractivity (Wildman–Crippen MR) is 114 cm³/mol. The first-order chi connectivity index (χ1) is 13.6. The Morgan fingerprint density at radius 3 is 2.54 bits per heavy atom. The van der Waals surface area contributed by atoms with E-state index >= 15 is 0 Å². The first kappa shape index (κ1) is 18.9. The van der Waals surface area contributed by atoms with E-state index in [1.54, 1.807) is 4.57 Å². The van der Waals surface area contributed by atoms with Gasteiger partial charge in [0.25, 0.3) is 5.91 Å². The van der Waals surface area contributed by atoms with Crippen molar-refractivity contribution in [3.05, 3.63) is 60.4 Å². The Morgan fingerprint density at radius 1 is 1.07 bits per heavy atom. The van der Waals surface area contributed by atoms with E-state index < -0.39 is 0 Å². The molecule has 1 fully saturated rings. The van der Waals surface area contributed by atoms with Crippen LogP contribution in [0.3, 0.4) is 0 Å². The zero-order valence-corrected chi connectivity index (χ0v) is 16.7. The Morgan fingerprint density at radius 2 is 1.82 bits per heavy atom. The van der Waals surface area contributed by atoms with E-state index in [1.165, 1.54) is 43.2 Å². The second kappa shape index (κ2) is 8.29. The van der Waals surface area contributed by atoms with E-state index in [0.29, 0.717) is 0 Å². The van der Waals surface area contributed by atoms with Crippen LogP contribution < -0.4 is 0 Å². The summed E-state index contributed by atoms with van der Waals surface area (Å²) in [6.45, 7) is 4.81. The largest absolute Gasteiger partial charge is 0.375 e. The molecule has 4 heteroatoms. The average Bonchev–Trinajstić information content (AvgIpc) is 3.32. The molecule has 0 spiro atoms. The van der Waals surface area contributed by atoms with Gasteiger partial charge in [0.2, 0.25) is 0 Å². The van der Waals surface area contributed by atoms with Crippen LogP contribution in [0.4, 0.5) is 0 Å². The lowest BCUT2D eigenvalue weighted by Gasteiger charge is -2.20. The summed E-state index contributed by atoms with van der Waals surface area (Å²) in [5, 5.41) is 2.12. The maximum Gasteiger partial charge on any atom is 0.256 e. The number of fused-ring (bicyclic) bond motifs is 1. The minimum atomic E-state index is -0.0584. The molecule has 2 heterocycles. The fourth-order valence-electron chi connectivity index (χ4n) is 4.12. The lowest BCUT2D eigenvalue weighted by Crippen LogP contribution is -2.28. The summed E-state index contributed by atoms with van der Waals surface area (Å²) < 4.78 is 6.55. The third-order valence-electron chi connectivity index (χ3n) is 5.86. The maximum atomic E-state index is 12.0. The highest BCUT2D eigenvalue weighted by Gasteiger charge is 2.19. The molecular weight excluding hydrogens is 348 g/mol. The molecule has 0 N–H and O–H groups in total. The van der Waals surface area contributed by atoms with Crippen LogP contribution in [0, 0.1) is 0 Å². The number of hydrogen-bond acceptors (Lipinski definition) is 3. The molecule has 146 valence electrons. The number of rotatable bonds is 6. The molecule has 1 aliphatic rings. The van der Waals surface area contributed by atoms with Crippen molar-refractivity contribution >= 4 is 16.7 Å². The van der Waals surface area contributed by atoms with Crippen LogP contribution in [-0.2, 0) is 11.2 Å². The second-order valence-electron chi connectivity index (χ2n) is 7.81. The smallest absolute Gasteiger partial charge is 0.256 e. The van der Waals surface area contributed by atoms with Crippen molar-refractivity contribution in [2.45, 2.75) is 32.2 Å². The number of carbonyl (C=O) groups excluding carboxylic acids is 1.